The highest BCUT2D eigenvalue weighted by Gasteiger charge is 2.34. The van der Waals surface area contributed by atoms with Crippen molar-refractivity contribution in [2.24, 2.45) is 5.92 Å². The third-order valence-corrected chi connectivity index (χ3v) is 4.09. The van der Waals surface area contributed by atoms with Crippen LogP contribution in [0.25, 0.3) is 11.4 Å². The van der Waals surface area contributed by atoms with E-state index in [1.807, 2.05) is 0 Å². The largest absolute Gasteiger partial charge is 0.433 e. The Morgan fingerprint density at radius 3 is 2.43 bits per heavy atom. The maximum Gasteiger partial charge on any atom is 0.433 e. The molecule has 2 heterocycles. The molecule has 3 rings (SSSR count). The van der Waals surface area contributed by atoms with Gasteiger partial charge in [-0.2, -0.15) is 13.2 Å². The average molecular weight is 322 g/mol. The number of halogens is 3. The van der Waals surface area contributed by atoms with E-state index in [1.54, 1.807) is 24.1 Å². The normalized spacial score (nSPS) is 15.3. The number of nitrogens with zero attached hydrogens (tertiary/aromatic N) is 4. The molecule has 0 aliphatic heterocycles. The first-order chi connectivity index (χ1) is 10.9. The van der Waals surface area contributed by atoms with Crippen LogP contribution in [-0.2, 0) is 6.18 Å². The van der Waals surface area contributed by atoms with Crippen LogP contribution in [-0.4, -0.2) is 28.5 Å². The van der Waals surface area contributed by atoms with Crippen molar-refractivity contribution in [3.8, 4) is 11.4 Å². The third kappa shape index (κ3) is 3.60. The second-order valence-corrected chi connectivity index (χ2v) is 5.85. The zero-order valence-electron chi connectivity index (χ0n) is 12.7. The molecule has 2 aromatic heterocycles. The summed E-state index contributed by atoms with van der Waals surface area (Å²) in [4.78, 5) is 13.6. The summed E-state index contributed by atoms with van der Waals surface area (Å²) in [7, 11) is 1.77. The Morgan fingerprint density at radius 2 is 1.87 bits per heavy atom. The van der Waals surface area contributed by atoms with Crippen LogP contribution >= 0.6 is 0 Å². The lowest BCUT2D eigenvalue weighted by Crippen LogP contribution is -2.30. The van der Waals surface area contributed by atoms with Crippen molar-refractivity contribution >= 4 is 5.82 Å². The van der Waals surface area contributed by atoms with E-state index in [4.69, 9.17) is 0 Å². The molecule has 0 amide bonds. The number of alkyl halides is 3. The highest BCUT2D eigenvalue weighted by Crippen LogP contribution is 2.33. The molecule has 0 unspecified atom stereocenters. The van der Waals surface area contributed by atoms with Gasteiger partial charge in [-0.15, -0.1) is 0 Å². The summed E-state index contributed by atoms with van der Waals surface area (Å²) >= 11 is 0. The first-order valence-electron chi connectivity index (χ1n) is 7.51. The lowest BCUT2D eigenvalue weighted by Gasteiger charge is -2.31. The van der Waals surface area contributed by atoms with E-state index < -0.39 is 11.9 Å². The molecule has 1 fully saturated rings. The van der Waals surface area contributed by atoms with Gasteiger partial charge in [0, 0.05) is 37.6 Å². The number of hydrogen-bond donors (Lipinski definition) is 0. The highest BCUT2D eigenvalue weighted by atomic mass is 19.4. The first-order valence-corrected chi connectivity index (χ1v) is 7.51. The molecule has 7 heteroatoms. The quantitative estimate of drug-likeness (QED) is 0.859. The van der Waals surface area contributed by atoms with E-state index in [1.165, 1.54) is 18.8 Å². The number of pyridine rings is 1. The fourth-order valence-corrected chi connectivity index (χ4v) is 2.56. The van der Waals surface area contributed by atoms with Crippen molar-refractivity contribution in [1.82, 2.24) is 15.0 Å². The van der Waals surface area contributed by atoms with Crippen molar-refractivity contribution in [2.45, 2.75) is 25.4 Å². The Balaban J connectivity index is 1.97. The smallest absolute Gasteiger partial charge is 0.359 e. The lowest BCUT2D eigenvalue weighted by molar-refractivity contribution is -0.141. The Kier molecular flexibility index (Phi) is 4.19. The summed E-state index contributed by atoms with van der Waals surface area (Å²) < 4.78 is 39.4. The summed E-state index contributed by atoms with van der Waals surface area (Å²) in [6.07, 6.45) is 1.96. The monoisotopic (exact) mass is 322 g/mol. The molecule has 0 saturated heterocycles. The fraction of sp³-hybridized carbons (Fsp3) is 0.438. The SMILES string of the molecule is CN(CC1CCC1)c1cc(C(F)(F)F)nc(-c2ccncc2)n1. The molecular weight excluding hydrogens is 305 g/mol. The molecule has 1 aliphatic carbocycles. The number of rotatable bonds is 4. The molecule has 0 bridgehead atoms. The Bertz CT molecular complexity index is 669. The van der Waals surface area contributed by atoms with Crippen LogP contribution in [0.3, 0.4) is 0 Å². The molecule has 122 valence electrons. The van der Waals surface area contributed by atoms with Crippen LogP contribution in [0.15, 0.2) is 30.6 Å². The maximum atomic E-state index is 13.1. The molecule has 0 N–H and O–H groups in total. The van der Waals surface area contributed by atoms with E-state index in [9.17, 15) is 13.2 Å². The number of hydrogen-bond acceptors (Lipinski definition) is 4. The molecule has 2 aromatic rings. The molecule has 0 atom stereocenters. The lowest BCUT2D eigenvalue weighted by atomic mass is 9.85. The standard InChI is InChI=1S/C16H17F3N4/c1-23(10-11-3-2-4-11)14-9-13(16(17,18)19)21-15(22-14)12-5-7-20-8-6-12/h5-9,11H,2-4,10H2,1H3. The van der Waals surface area contributed by atoms with Crippen LogP contribution in [0.2, 0.25) is 0 Å². The Hall–Kier alpha value is -2.18. The van der Waals surface area contributed by atoms with Gasteiger partial charge in [0.15, 0.2) is 11.5 Å². The summed E-state index contributed by atoms with van der Waals surface area (Å²) in [6, 6.07) is 4.22. The van der Waals surface area contributed by atoms with Gasteiger partial charge in [-0.1, -0.05) is 6.42 Å². The van der Waals surface area contributed by atoms with Gasteiger partial charge in [0.05, 0.1) is 0 Å². The second kappa shape index (κ2) is 6.14. The minimum Gasteiger partial charge on any atom is -0.359 e. The van der Waals surface area contributed by atoms with Crippen molar-refractivity contribution in [3.63, 3.8) is 0 Å². The predicted octanol–water partition coefficient (Wildman–Crippen LogP) is 3.79. The van der Waals surface area contributed by atoms with Gasteiger partial charge in [0.25, 0.3) is 0 Å². The van der Waals surface area contributed by atoms with Crippen LogP contribution in [0.1, 0.15) is 25.0 Å². The van der Waals surface area contributed by atoms with Crippen molar-refractivity contribution in [2.75, 3.05) is 18.5 Å². The molecule has 23 heavy (non-hydrogen) atoms. The highest BCUT2D eigenvalue weighted by molar-refractivity contribution is 5.57. The van der Waals surface area contributed by atoms with Crippen LogP contribution in [0, 0.1) is 5.92 Å². The average Bonchev–Trinajstić information content (AvgIpc) is 2.50. The van der Waals surface area contributed by atoms with Crippen LogP contribution in [0.4, 0.5) is 19.0 Å². The number of anilines is 1. The summed E-state index contributed by atoms with van der Waals surface area (Å²) in [5.74, 6) is 0.900. The first kappa shape index (κ1) is 15.7. The van der Waals surface area contributed by atoms with Gasteiger partial charge in [-0.25, -0.2) is 9.97 Å². The van der Waals surface area contributed by atoms with E-state index >= 15 is 0 Å². The van der Waals surface area contributed by atoms with Crippen molar-refractivity contribution in [1.29, 1.82) is 0 Å². The molecule has 1 aliphatic rings. The zero-order chi connectivity index (χ0) is 16.4. The molecule has 1 saturated carbocycles. The van der Waals surface area contributed by atoms with Crippen molar-refractivity contribution < 1.29 is 13.2 Å². The molecule has 4 nitrogen and oxygen atoms in total. The zero-order valence-corrected chi connectivity index (χ0v) is 12.7. The second-order valence-electron chi connectivity index (χ2n) is 5.85. The van der Waals surface area contributed by atoms with E-state index in [2.05, 4.69) is 15.0 Å². The predicted molar refractivity (Wildman–Crippen MR) is 80.9 cm³/mol. The van der Waals surface area contributed by atoms with Gasteiger partial charge < -0.3 is 4.90 Å². The topological polar surface area (TPSA) is 41.9 Å². The Labute approximate surface area is 132 Å². The fourth-order valence-electron chi connectivity index (χ4n) is 2.56. The molecule has 0 spiro atoms. The van der Waals surface area contributed by atoms with E-state index in [0.717, 1.165) is 18.9 Å². The molecular formula is C16H17F3N4. The Morgan fingerprint density at radius 1 is 1.17 bits per heavy atom. The minimum absolute atomic E-state index is 0.0673. The number of aromatic nitrogens is 3. The van der Waals surface area contributed by atoms with Crippen LogP contribution < -0.4 is 4.90 Å². The van der Waals surface area contributed by atoms with E-state index in [-0.39, 0.29) is 5.82 Å². The summed E-state index contributed by atoms with van der Waals surface area (Å²) in [6.45, 7) is 0.712. The minimum atomic E-state index is -4.50. The third-order valence-electron chi connectivity index (χ3n) is 4.09. The van der Waals surface area contributed by atoms with Gasteiger partial charge in [-0.3, -0.25) is 4.98 Å². The summed E-state index contributed by atoms with van der Waals surface area (Å²) in [5, 5.41) is 0. The van der Waals surface area contributed by atoms with Gasteiger partial charge in [-0.05, 0) is 30.9 Å². The van der Waals surface area contributed by atoms with Crippen molar-refractivity contribution in [3.05, 3.63) is 36.3 Å². The maximum absolute atomic E-state index is 13.1. The van der Waals surface area contributed by atoms with Crippen LogP contribution in [0.5, 0.6) is 0 Å². The van der Waals surface area contributed by atoms with Gasteiger partial charge >= 0.3 is 6.18 Å². The summed E-state index contributed by atoms with van der Waals surface area (Å²) in [5.41, 5.74) is -0.404. The molecule has 0 radical (unpaired) electrons. The van der Waals surface area contributed by atoms with Gasteiger partial charge in [0.2, 0.25) is 0 Å². The van der Waals surface area contributed by atoms with E-state index in [0.29, 0.717) is 23.8 Å². The molecule has 0 aromatic carbocycles. The van der Waals surface area contributed by atoms with Gasteiger partial charge in [0.1, 0.15) is 5.82 Å².